The minimum atomic E-state index is -0.741. The van der Waals surface area contributed by atoms with Crippen LogP contribution in [0, 0.1) is 5.82 Å². The summed E-state index contributed by atoms with van der Waals surface area (Å²) >= 11 is 1.33. The van der Waals surface area contributed by atoms with Crippen molar-refractivity contribution in [1.82, 2.24) is 9.97 Å². The van der Waals surface area contributed by atoms with Gasteiger partial charge in [-0.15, -0.1) is 0 Å². The fourth-order valence-corrected chi connectivity index (χ4v) is 4.39. The molecule has 0 spiro atoms. The van der Waals surface area contributed by atoms with Crippen molar-refractivity contribution in [3.8, 4) is 0 Å². The third kappa shape index (κ3) is 4.54. The van der Waals surface area contributed by atoms with Crippen molar-refractivity contribution in [2.45, 2.75) is 62.6 Å². The zero-order valence-electron chi connectivity index (χ0n) is 15.0. The fraction of sp³-hybridized carbons (Fsp3) is 0.500. The lowest BCUT2D eigenvalue weighted by Gasteiger charge is -2.23. The summed E-state index contributed by atoms with van der Waals surface area (Å²) in [6.07, 6.45) is 5.75. The molecular weight excluding hydrogens is 351 g/mol. The number of aromatic amines is 1. The molecule has 0 radical (unpaired) electrons. The van der Waals surface area contributed by atoms with Gasteiger partial charge in [0.15, 0.2) is 5.16 Å². The van der Waals surface area contributed by atoms with Crippen molar-refractivity contribution in [3.05, 3.63) is 57.3 Å². The Hall–Kier alpha value is -1.66. The zero-order chi connectivity index (χ0) is 18.5. The average molecular weight is 376 g/mol. The first kappa shape index (κ1) is 19.1. The number of rotatable bonds is 6. The highest BCUT2D eigenvalue weighted by atomic mass is 32.2. The molecule has 1 fully saturated rings. The maximum Gasteiger partial charge on any atom is 0.254 e. The van der Waals surface area contributed by atoms with Crippen LogP contribution in [-0.2, 0) is 6.42 Å². The predicted octanol–water partition coefficient (Wildman–Crippen LogP) is 4.34. The molecule has 1 saturated carbocycles. The second kappa shape index (κ2) is 8.82. The standard InChI is InChI=1S/C20H25FN2O2S/c1-2-16-18(14-6-4-3-5-7-14)22-20(23-19(16)25)26-12-17(24)13-8-10-15(21)11-9-13/h8-11,14,17,24H,2-7,12H2,1H3,(H,22,23,25). The van der Waals surface area contributed by atoms with E-state index in [0.29, 0.717) is 28.8 Å². The second-order valence-corrected chi connectivity index (χ2v) is 7.81. The molecule has 1 heterocycles. The normalized spacial score (nSPS) is 16.6. The molecule has 0 aliphatic heterocycles. The lowest BCUT2D eigenvalue weighted by Crippen LogP contribution is -2.21. The van der Waals surface area contributed by atoms with E-state index in [9.17, 15) is 14.3 Å². The van der Waals surface area contributed by atoms with Gasteiger partial charge in [-0.1, -0.05) is 50.1 Å². The van der Waals surface area contributed by atoms with Gasteiger partial charge in [-0.25, -0.2) is 9.37 Å². The number of aliphatic hydroxyl groups is 1. The number of nitrogens with one attached hydrogen (secondary N) is 1. The van der Waals surface area contributed by atoms with Crippen LogP contribution in [0.25, 0.3) is 0 Å². The van der Waals surface area contributed by atoms with Gasteiger partial charge in [0.1, 0.15) is 5.82 Å². The van der Waals surface area contributed by atoms with Gasteiger partial charge in [0.05, 0.1) is 11.8 Å². The number of benzene rings is 1. The Kier molecular flexibility index (Phi) is 6.48. The van der Waals surface area contributed by atoms with Crippen molar-refractivity contribution in [2.24, 2.45) is 0 Å². The van der Waals surface area contributed by atoms with Crippen LogP contribution in [0.3, 0.4) is 0 Å². The smallest absolute Gasteiger partial charge is 0.254 e. The van der Waals surface area contributed by atoms with Gasteiger partial charge in [0, 0.05) is 17.2 Å². The number of nitrogens with zero attached hydrogens (tertiary/aromatic N) is 1. The number of aliphatic hydroxyl groups excluding tert-OH is 1. The lowest BCUT2D eigenvalue weighted by molar-refractivity contribution is 0.204. The van der Waals surface area contributed by atoms with Crippen molar-refractivity contribution in [3.63, 3.8) is 0 Å². The van der Waals surface area contributed by atoms with Gasteiger partial charge in [-0.2, -0.15) is 0 Å². The monoisotopic (exact) mass is 376 g/mol. The van der Waals surface area contributed by atoms with Crippen LogP contribution in [0.4, 0.5) is 4.39 Å². The number of aromatic nitrogens is 2. The van der Waals surface area contributed by atoms with Crippen LogP contribution >= 0.6 is 11.8 Å². The van der Waals surface area contributed by atoms with E-state index in [4.69, 9.17) is 4.98 Å². The summed E-state index contributed by atoms with van der Waals surface area (Å²) in [5.74, 6) is 0.388. The van der Waals surface area contributed by atoms with E-state index < -0.39 is 6.10 Å². The Morgan fingerprint density at radius 2 is 1.96 bits per heavy atom. The van der Waals surface area contributed by atoms with E-state index in [1.165, 1.54) is 43.2 Å². The van der Waals surface area contributed by atoms with Crippen LogP contribution in [0.5, 0.6) is 0 Å². The summed E-state index contributed by atoms with van der Waals surface area (Å²) in [4.78, 5) is 20.1. The van der Waals surface area contributed by atoms with Crippen LogP contribution in [0.15, 0.2) is 34.2 Å². The zero-order valence-corrected chi connectivity index (χ0v) is 15.8. The maximum absolute atomic E-state index is 13.0. The molecule has 1 atom stereocenters. The minimum Gasteiger partial charge on any atom is -0.388 e. The molecule has 6 heteroatoms. The highest BCUT2D eigenvalue weighted by Gasteiger charge is 2.22. The molecule has 3 rings (SSSR count). The molecule has 1 aromatic carbocycles. The first-order valence-electron chi connectivity index (χ1n) is 9.28. The molecule has 1 unspecified atom stereocenters. The van der Waals surface area contributed by atoms with Gasteiger partial charge < -0.3 is 10.1 Å². The van der Waals surface area contributed by atoms with E-state index in [1.54, 1.807) is 12.1 Å². The highest BCUT2D eigenvalue weighted by Crippen LogP contribution is 2.33. The summed E-state index contributed by atoms with van der Waals surface area (Å²) in [5.41, 5.74) is 2.32. The molecule has 2 aromatic rings. The summed E-state index contributed by atoms with van der Waals surface area (Å²) in [7, 11) is 0. The van der Waals surface area contributed by atoms with Crippen molar-refractivity contribution in [1.29, 1.82) is 0 Å². The van der Waals surface area contributed by atoms with E-state index in [1.807, 2.05) is 6.92 Å². The third-order valence-corrected chi connectivity index (χ3v) is 5.95. The Morgan fingerprint density at radius 1 is 1.27 bits per heavy atom. The summed E-state index contributed by atoms with van der Waals surface area (Å²) in [6, 6.07) is 5.82. The van der Waals surface area contributed by atoms with E-state index in [0.717, 1.165) is 24.1 Å². The molecule has 4 nitrogen and oxygen atoms in total. The van der Waals surface area contributed by atoms with Crippen LogP contribution in [0.2, 0.25) is 0 Å². The average Bonchev–Trinajstić information content (AvgIpc) is 2.67. The van der Waals surface area contributed by atoms with Gasteiger partial charge in [-0.3, -0.25) is 4.79 Å². The quantitative estimate of drug-likeness (QED) is 0.581. The predicted molar refractivity (Wildman–Crippen MR) is 102 cm³/mol. The number of H-pyrrole nitrogens is 1. The van der Waals surface area contributed by atoms with Crippen molar-refractivity contribution in [2.75, 3.05) is 5.75 Å². The Labute approximate surface area is 157 Å². The van der Waals surface area contributed by atoms with Crippen molar-refractivity contribution >= 4 is 11.8 Å². The fourth-order valence-electron chi connectivity index (χ4n) is 3.56. The molecule has 0 amide bonds. The summed E-state index contributed by atoms with van der Waals surface area (Å²) < 4.78 is 13.0. The summed E-state index contributed by atoms with van der Waals surface area (Å²) in [6.45, 7) is 1.99. The molecule has 1 aliphatic carbocycles. The highest BCUT2D eigenvalue weighted by molar-refractivity contribution is 7.99. The molecule has 26 heavy (non-hydrogen) atoms. The molecule has 2 N–H and O–H groups in total. The van der Waals surface area contributed by atoms with E-state index in [2.05, 4.69) is 4.98 Å². The molecule has 140 valence electrons. The van der Waals surface area contributed by atoms with Crippen LogP contribution in [0.1, 0.15) is 67.9 Å². The van der Waals surface area contributed by atoms with Gasteiger partial charge in [-0.05, 0) is 37.0 Å². The number of hydrogen-bond acceptors (Lipinski definition) is 4. The van der Waals surface area contributed by atoms with Crippen LogP contribution in [-0.4, -0.2) is 20.8 Å². The van der Waals surface area contributed by atoms with Gasteiger partial charge >= 0.3 is 0 Å². The number of halogens is 1. The molecule has 0 saturated heterocycles. The molecule has 0 bridgehead atoms. The van der Waals surface area contributed by atoms with Gasteiger partial charge in [0.2, 0.25) is 0 Å². The largest absolute Gasteiger partial charge is 0.388 e. The van der Waals surface area contributed by atoms with Crippen molar-refractivity contribution < 1.29 is 9.50 Å². The third-order valence-electron chi connectivity index (χ3n) is 5.00. The second-order valence-electron chi connectivity index (χ2n) is 6.80. The number of hydrogen-bond donors (Lipinski definition) is 2. The molecular formula is C20H25FN2O2S. The topological polar surface area (TPSA) is 66.0 Å². The van der Waals surface area contributed by atoms with E-state index >= 15 is 0 Å². The molecule has 1 aromatic heterocycles. The Balaban J connectivity index is 1.76. The first-order valence-corrected chi connectivity index (χ1v) is 10.3. The number of thioether (sulfide) groups is 1. The molecule has 1 aliphatic rings. The van der Waals surface area contributed by atoms with Crippen LogP contribution < -0.4 is 5.56 Å². The summed E-state index contributed by atoms with van der Waals surface area (Å²) in [5, 5.41) is 10.8. The SMILES string of the molecule is CCc1c(C2CCCCC2)nc(SCC(O)c2ccc(F)cc2)[nH]c1=O. The minimum absolute atomic E-state index is 0.0677. The Bertz CT molecular complexity index is 785. The van der Waals surface area contributed by atoms with Gasteiger partial charge in [0.25, 0.3) is 5.56 Å². The maximum atomic E-state index is 13.0. The first-order chi connectivity index (χ1) is 12.6. The lowest BCUT2D eigenvalue weighted by atomic mass is 9.85. The van der Waals surface area contributed by atoms with E-state index in [-0.39, 0.29) is 11.4 Å². The Morgan fingerprint density at radius 3 is 2.62 bits per heavy atom.